The number of alkyl halides is 1. The Kier molecular flexibility index (Phi) is 6.70. The van der Waals surface area contributed by atoms with Crippen molar-refractivity contribution in [1.82, 2.24) is 0 Å². The molecule has 0 nitrogen and oxygen atoms in total. The number of hydrogen-bond acceptors (Lipinski definition) is 0. The van der Waals surface area contributed by atoms with Crippen LogP contribution in [0.2, 0.25) is 0 Å². The summed E-state index contributed by atoms with van der Waals surface area (Å²) in [5.74, 6) is 0. The molecule has 0 fully saturated rings. The van der Waals surface area contributed by atoms with Crippen LogP contribution in [0.3, 0.4) is 0 Å². The zero-order valence-electron chi connectivity index (χ0n) is 7.18. The maximum Gasteiger partial charge on any atom is 0.108 e. The fraction of sp³-hybridized carbons (Fsp3) is 0.400. The van der Waals surface area contributed by atoms with E-state index >= 15 is 0 Å². The van der Waals surface area contributed by atoms with Gasteiger partial charge < -0.3 is 0 Å². The Bertz CT molecular complexity index is 164. The molecule has 0 aromatic heterocycles. The molecule has 62 valence electrons. The lowest BCUT2D eigenvalue weighted by molar-refractivity contribution is 0.562. The molecule has 0 atom stereocenters. The van der Waals surface area contributed by atoms with E-state index in [4.69, 9.17) is 0 Å². The van der Waals surface area contributed by atoms with Crippen LogP contribution in [0.1, 0.15) is 20.3 Å². The number of allylic oxidation sites excluding steroid dienone is 6. The molecule has 0 heterocycles. The van der Waals surface area contributed by atoms with Gasteiger partial charge >= 0.3 is 0 Å². The highest BCUT2D eigenvalue weighted by molar-refractivity contribution is 5.21. The molecule has 0 unspecified atom stereocenters. The first-order chi connectivity index (χ1) is 5.31. The summed E-state index contributed by atoms with van der Waals surface area (Å²) in [5.41, 5.74) is 1.15. The van der Waals surface area contributed by atoms with Crippen LogP contribution in [0.4, 0.5) is 4.39 Å². The van der Waals surface area contributed by atoms with Crippen LogP contribution in [0, 0.1) is 0 Å². The standard InChI is InChI=1S/C10H15F/c1-3-4-7-10(2)8-5-6-9-11/h4-8H,3,9H2,1-2H3/b6-5+,7-4-,10-8-. The predicted octanol–water partition coefficient (Wildman–Crippen LogP) is 3.42. The Hall–Kier alpha value is -0.850. The number of halogens is 1. The Morgan fingerprint density at radius 1 is 1.36 bits per heavy atom. The van der Waals surface area contributed by atoms with E-state index in [-0.39, 0.29) is 6.67 Å². The molecular formula is C10H15F. The fourth-order valence-corrected chi connectivity index (χ4v) is 0.631. The van der Waals surface area contributed by atoms with E-state index in [1.54, 1.807) is 6.08 Å². The predicted molar refractivity (Wildman–Crippen MR) is 48.3 cm³/mol. The molecule has 0 aliphatic heterocycles. The van der Waals surface area contributed by atoms with Gasteiger partial charge in [-0.2, -0.15) is 0 Å². The summed E-state index contributed by atoms with van der Waals surface area (Å²) in [6.07, 6.45) is 10.3. The van der Waals surface area contributed by atoms with Gasteiger partial charge in [-0.05, 0) is 13.3 Å². The average molecular weight is 154 g/mol. The summed E-state index contributed by atoms with van der Waals surface area (Å²) in [4.78, 5) is 0. The smallest absolute Gasteiger partial charge is 0.108 e. The van der Waals surface area contributed by atoms with Crippen molar-refractivity contribution >= 4 is 0 Å². The molecule has 1 heteroatoms. The van der Waals surface area contributed by atoms with Crippen molar-refractivity contribution in [2.75, 3.05) is 6.67 Å². The van der Waals surface area contributed by atoms with Gasteiger partial charge in [0.25, 0.3) is 0 Å². The van der Waals surface area contributed by atoms with Crippen molar-refractivity contribution in [2.45, 2.75) is 20.3 Å². The average Bonchev–Trinajstić information content (AvgIpc) is 2.01. The molecule has 0 aliphatic rings. The highest BCUT2D eigenvalue weighted by atomic mass is 19.1. The first-order valence-electron chi connectivity index (χ1n) is 3.87. The first-order valence-corrected chi connectivity index (χ1v) is 3.87. The van der Waals surface area contributed by atoms with Gasteiger partial charge in [-0.3, -0.25) is 0 Å². The fourth-order valence-electron chi connectivity index (χ4n) is 0.631. The van der Waals surface area contributed by atoms with Crippen LogP contribution in [-0.2, 0) is 0 Å². The summed E-state index contributed by atoms with van der Waals surface area (Å²) >= 11 is 0. The Balaban J connectivity index is 3.80. The lowest BCUT2D eigenvalue weighted by atomic mass is 10.2. The molecule has 0 aromatic carbocycles. The Morgan fingerprint density at radius 3 is 2.64 bits per heavy atom. The van der Waals surface area contributed by atoms with Crippen LogP contribution in [0.15, 0.2) is 36.0 Å². The van der Waals surface area contributed by atoms with Crippen molar-refractivity contribution in [3.63, 3.8) is 0 Å². The summed E-state index contributed by atoms with van der Waals surface area (Å²) < 4.78 is 11.6. The van der Waals surface area contributed by atoms with E-state index in [2.05, 4.69) is 13.0 Å². The monoisotopic (exact) mass is 154 g/mol. The normalized spacial score (nSPS) is 13.5. The third kappa shape index (κ3) is 7.04. The largest absolute Gasteiger partial charge is 0.247 e. The van der Waals surface area contributed by atoms with Crippen LogP contribution in [0.25, 0.3) is 0 Å². The van der Waals surface area contributed by atoms with Gasteiger partial charge in [0.2, 0.25) is 0 Å². The number of rotatable bonds is 4. The lowest BCUT2D eigenvalue weighted by Gasteiger charge is -1.86. The van der Waals surface area contributed by atoms with Crippen molar-refractivity contribution in [3.05, 3.63) is 36.0 Å². The molecule has 0 aromatic rings. The third-order valence-electron chi connectivity index (χ3n) is 1.20. The molecule has 0 amide bonds. The molecule has 0 spiro atoms. The van der Waals surface area contributed by atoms with Crippen molar-refractivity contribution < 1.29 is 4.39 Å². The van der Waals surface area contributed by atoms with Crippen LogP contribution in [-0.4, -0.2) is 6.67 Å². The highest BCUT2D eigenvalue weighted by Gasteiger charge is 1.76. The molecule has 0 bridgehead atoms. The van der Waals surface area contributed by atoms with Crippen molar-refractivity contribution in [1.29, 1.82) is 0 Å². The topological polar surface area (TPSA) is 0 Å². The highest BCUT2D eigenvalue weighted by Crippen LogP contribution is 1.96. The molecule has 0 aliphatic carbocycles. The Labute approximate surface area is 68.1 Å². The SMILES string of the molecule is CC\C=C/C(C)=C\C=C\CF. The third-order valence-corrected chi connectivity index (χ3v) is 1.20. The minimum atomic E-state index is -0.388. The zero-order chi connectivity index (χ0) is 8.53. The number of hydrogen-bond donors (Lipinski definition) is 0. The first kappa shape index (κ1) is 10.2. The maximum absolute atomic E-state index is 11.6. The Morgan fingerprint density at radius 2 is 2.09 bits per heavy atom. The van der Waals surface area contributed by atoms with Gasteiger partial charge in [0.05, 0.1) is 0 Å². The summed E-state index contributed by atoms with van der Waals surface area (Å²) in [6, 6.07) is 0. The van der Waals surface area contributed by atoms with E-state index < -0.39 is 0 Å². The summed E-state index contributed by atoms with van der Waals surface area (Å²) in [6.45, 7) is 3.69. The minimum absolute atomic E-state index is 0.388. The van der Waals surface area contributed by atoms with Crippen molar-refractivity contribution in [3.8, 4) is 0 Å². The zero-order valence-corrected chi connectivity index (χ0v) is 7.18. The van der Waals surface area contributed by atoms with Crippen molar-refractivity contribution in [2.24, 2.45) is 0 Å². The van der Waals surface area contributed by atoms with Gasteiger partial charge in [0.1, 0.15) is 6.67 Å². The summed E-state index contributed by atoms with van der Waals surface area (Å²) in [7, 11) is 0. The van der Waals surface area contributed by atoms with E-state index in [1.165, 1.54) is 6.08 Å². The van der Waals surface area contributed by atoms with E-state index in [9.17, 15) is 4.39 Å². The second-order valence-corrected chi connectivity index (χ2v) is 2.30. The van der Waals surface area contributed by atoms with Gasteiger partial charge in [-0.15, -0.1) is 0 Å². The second kappa shape index (κ2) is 7.26. The van der Waals surface area contributed by atoms with E-state index in [1.807, 2.05) is 19.1 Å². The van der Waals surface area contributed by atoms with Crippen LogP contribution in [0.5, 0.6) is 0 Å². The van der Waals surface area contributed by atoms with Gasteiger partial charge in [0.15, 0.2) is 0 Å². The van der Waals surface area contributed by atoms with Crippen LogP contribution < -0.4 is 0 Å². The molecule has 0 rings (SSSR count). The molecule has 0 N–H and O–H groups in total. The summed E-state index contributed by atoms with van der Waals surface area (Å²) in [5, 5.41) is 0. The second-order valence-electron chi connectivity index (χ2n) is 2.30. The lowest BCUT2D eigenvalue weighted by Crippen LogP contribution is -1.66. The van der Waals surface area contributed by atoms with E-state index in [0.717, 1.165) is 12.0 Å². The minimum Gasteiger partial charge on any atom is -0.247 e. The quantitative estimate of drug-likeness (QED) is 0.544. The van der Waals surface area contributed by atoms with E-state index in [0.29, 0.717) is 0 Å². The maximum atomic E-state index is 11.6. The van der Waals surface area contributed by atoms with Gasteiger partial charge in [0, 0.05) is 0 Å². The molecule has 11 heavy (non-hydrogen) atoms. The molecule has 0 saturated heterocycles. The molecular weight excluding hydrogens is 139 g/mol. The van der Waals surface area contributed by atoms with Gasteiger partial charge in [-0.25, -0.2) is 4.39 Å². The van der Waals surface area contributed by atoms with Crippen LogP contribution >= 0.6 is 0 Å². The van der Waals surface area contributed by atoms with Gasteiger partial charge in [-0.1, -0.05) is 42.9 Å². The molecule has 0 radical (unpaired) electrons. The molecule has 0 saturated carbocycles.